The van der Waals surface area contributed by atoms with Crippen LogP contribution in [-0.2, 0) is 0 Å². The van der Waals surface area contributed by atoms with Gasteiger partial charge in [-0.3, -0.25) is 0 Å². The largest absolute Gasteiger partial charge is 0.383 e. The normalized spacial score (nSPS) is 23.2. The standard InChI is InChI=1S/C13H23NS/c1-5-11(3)13(14-4)15-12-8-6-7-10(2)9-12/h9-10,14H,5-8H2,1-4H3/b13-11-. The van der Waals surface area contributed by atoms with E-state index in [2.05, 4.69) is 32.2 Å². The van der Waals surface area contributed by atoms with E-state index in [1.807, 2.05) is 18.8 Å². The lowest BCUT2D eigenvalue weighted by Crippen LogP contribution is -2.07. The monoisotopic (exact) mass is 225 g/mol. The molecule has 0 aliphatic heterocycles. The highest BCUT2D eigenvalue weighted by atomic mass is 32.2. The van der Waals surface area contributed by atoms with Crippen molar-refractivity contribution in [3.8, 4) is 0 Å². The van der Waals surface area contributed by atoms with Crippen molar-refractivity contribution in [2.45, 2.75) is 46.5 Å². The van der Waals surface area contributed by atoms with Crippen LogP contribution in [0.3, 0.4) is 0 Å². The van der Waals surface area contributed by atoms with Crippen LogP contribution in [0.1, 0.15) is 46.5 Å². The molecule has 1 nitrogen and oxygen atoms in total. The number of rotatable bonds is 4. The summed E-state index contributed by atoms with van der Waals surface area (Å²) in [4.78, 5) is 1.55. The van der Waals surface area contributed by atoms with Crippen LogP contribution in [0.2, 0.25) is 0 Å². The van der Waals surface area contributed by atoms with Crippen molar-refractivity contribution in [2.24, 2.45) is 5.92 Å². The van der Waals surface area contributed by atoms with Crippen LogP contribution in [0.15, 0.2) is 21.6 Å². The number of allylic oxidation sites excluding steroid dienone is 3. The van der Waals surface area contributed by atoms with E-state index in [-0.39, 0.29) is 0 Å². The van der Waals surface area contributed by atoms with E-state index >= 15 is 0 Å². The molecule has 1 rings (SSSR count). The number of nitrogens with one attached hydrogen (secondary N) is 1. The van der Waals surface area contributed by atoms with Crippen LogP contribution in [0, 0.1) is 5.92 Å². The Bertz CT molecular complexity index is 266. The molecule has 1 N–H and O–H groups in total. The lowest BCUT2D eigenvalue weighted by atomic mass is 9.98. The Kier molecular flexibility index (Phi) is 5.30. The summed E-state index contributed by atoms with van der Waals surface area (Å²) in [5.41, 5.74) is 1.46. The molecule has 1 aliphatic carbocycles. The zero-order valence-corrected chi connectivity index (χ0v) is 11.2. The summed E-state index contributed by atoms with van der Waals surface area (Å²) in [6, 6.07) is 0. The molecule has 1 aliphatic rings. The lowest BCUT2D eigenvalue weighted by Gasteiger charge is -2.19. The number of hydrogen-bond donors (Lipinski definition) is 1. The summed E-state index contributed by atoms with van der Waals surface area (Å²) in [5.74, 6) is 0.765. The van der Waals surface area contributed by atoms with Gasteiger partial charge in [0.15, 0.2) is 0 Å². The van der Waals surface area contributed by atoms with Crippen molar-refractivity contribution < 1.29 is 0 Å². The van der Waals surface area contributed by atoms with E-state index in [1.165, 1.54) is 29.9 Å². The van der Waals surface area contributed by atoms with Crippen LogP contribution in [0.25, 0.3) is 0 Å². The summed E-state index contributed by atoms with van der Waals surface area (Å²) in [6.07, 6.45) is 7.54. The summed E-state index contributed by atoms with van der Waals surface area (Å²) >= 11 is 1.93. The molecule has 0 saturated carbocycles. The SMILES string of the molecule is CC/C(C)=C(/NC)SC1=CC(C)CCC1. The molecule has 0 spiro atoms. The van der Waals surface area contributed by atoms with E-state index < -0.39 is 0 Å². The molecular weight excluding hydrogens is 202 g/mol. The van der Waals surface area contributed by atoms with E-state index in [0.717, 1.165) is 12.3 Å². The minimum Gasteiger partial charge on any atom is -0.383 e. The van der Waals surface area contributed by atoms with Gasteiger partial charge in [0.25, 0.3) is 0 Å². The third-order valence-electron chi connectivity index (χ3n) is 2.93. The second-order valence-corrected chi connectivity index (χ2v) is 5.45. The summed E-state index contributed by atoms with van der Waals surface area (Å²) in [7, 11) is 2.02. The van der Waals surface area contributed by atoms with E-state index in [1.54, 1.807) is 4.91 Å². The first-order valence-electron chi connectivity index (χ1n) is 5.93. The van der Waals surface area contributed by atoms with Gasteiger partial charge in [0, 0.05) is 7.05 Å². The Morgan fingerprint density at radius 2 is 2.33 bits per heavy atom. The maximum absolute atomic E-state index is 3.32. The fraction of sp³-hybridized carbons (Fsp3) is 0.692. The van der Waals surface area contributed by atoms with Gasteiger partial charge in [-0.2, -0.15) is 0 Å². The molecular formula is C13H23NS. The molecule has 0 aromatic rings. The molecule has 0 fully saturated rings. The molecule has 0 saturated heterocycles. The van der Waals surface area contributed by atoms with Crippen molar-refractivity contribution in [3.63, 3.8) is 0 Å². The van der Waals surface area contributed by atoms with Gasteiger partial charge in [-0.15, -0.1) is 0 Å². The average molecular weight is 225 g/mol. The zero-order valence-electron chi connectivity index (χ0n) is 10.4. The molecule has 0 heterocycles. The Hall–Kier alpha value is -0.370. The topological polar surface area (TPSA) is 12.0 Å². The third-order valence-corrected chi connectivity index (χ3v) is 4.29. The maximum atomic E-state index is 3.32. The first kappa shape index (κ1) is 12.7. The van der Waals surface area contributed by atoms with Gasteiger partial charge in [-0.1, -0.05) is 31.7 Å². The molecule has 1 unspecified atom stereocenters. The molecule has 0 amide bonds. The number of hydrogen-bond acceptors (Lipinski definition) is 2. The fourth-order valence-electron chi connectivity index (χ4n) is 1.81. The van der Waals surface area contributed by atoms with Gasteiger partial charge >= 0.3 is 0 Å². The van der Waals surface area contributed by atoms with Gasteiger partial charge < -0.3 is 5.32 Å². The average Bonchev–Trinajstić information content (AvgIpc) is 2.25. The first-order valence-corrected chi connectivity index (χ1v) is 6.75. The lowest BCUT2D eigenvalue weighted by molar-refractivity contribution is 0.580. The molecule has 1 atom stereocenters. The second kappa shape index (κ2) is 6.26. The van der Waals surface area contributed by atoms with Crippen LogP contribution in [0.5, 0.6) is 0 Å². The zero-order chi connectivity index (χ0) is 11.3. The molecule has 0 bridgehead atoms. The van der Waals surface area contributed by atoms with Crippen molar-refractivity contribution in [1.82, 2.24) is 5.32 Å². The molecule has 2 heteroatoms. The predicted molar refractivity (Wildman–Crippen MR) is 70.7 cm³/mol. The quantitative estimate of drug-likeness (QED) is 0.766. The Balaban J connectivity index is 2.67. The third kappa shape index (κ3) is 3.94. The van der Waals surface area contributed by atoms with E-state index in [4.69, 9.17) is 0 Å². The van der Waals surface area contributed by atoms with E-state index in [0.29, 0.717) is 0 Å². The van der Waals surface area contributed by atoms with E-state index in [9.17, 15) is 0 Å². The Morgan fingerprint density at radius 1 is 1.60 bits per heavy atom. The highest BCUT2D eigenvalue weighted by Crippen LogP contribution is 2.35. The van der Waals surface area contributed by atoms with Gasteiger partial charge in [-0.05, 0) is 49.0 Å². The minimum atomic E-state index is 0.765. The summed E-state index contributed by atoms with van der Waals surface area (Å²) in [6.45, 7) is 6.74. The van der Waals surface area contributed by atoms with Crippen molar-refractivity contribution >= 4 is 11.8 Å². The van der Waals surface area contributed by atoms with Gasteiger partial charge in [0.2, 0.25) is 0 Å². The van der Waals surface area contributed by atoms with Gasteiger partial charge in [0.05, 0.1) is 5.03 Å². The molecule has 0 aromatic heterocycles. The predicted octanol–water partition coefficient (Wildman–Crippen LogP) is 4.28. The second-order valence-electron chi connectivity index (χ2n) is 4.32. The maximum Gasteiger partial charge on any atom is 0.0712 e. The molecule has 86 valence electrons. The smallest absolute Gasteiger partial charge is 0.0712 e. The van der Waals surface area contributed by atoms with Crippen LogP contribution in [0.4, 0.5) is 0 Å². The van der Waals surface area contributed by atoms with Gasteiger partial charge in [0.1, 0.15) is 0 Å². The summed E-state index contributed by atoms with van der Waals surface area (Å²) in [5, 5.41) is 4.66. The summed E-state index contributed by atoms with van der Waals surface area (Å²) < 4.78 is 0. The molecule has 0 radical (unpaired) electrons. The highest BCUT2D eigenvalue weighted by molar-refractivity contribution is 8.06. The fourth-order valence-corrected chi connectivity index (χ4v) is 3.04. The van der Waals surface area contributed by atoms with Crippen LogP contribution in [-0.4, -0.2) is 7.05 Å². The number of thioether (sulfide) groups is 1. The van der Waals surface area contributed by atoms with Crippen molar-refractivity contribution in [2.75, 3.05) is 7.05 Å². The highest BCUT2D eigenvalue weighted by Gasteiger charge is 2.12. The van der Waals surface area contributed by atoms with Crippen molar-refractivity contribution in [1.29, 1.82) is 0 Å². The van der Waals surface area contributed by atoms with Crippen molar-refractivity contribution in [3.05, 3.63) is 21.6 Å². The Labute approximate surface area is 98.4 Å². The minimum absolute atomic E-state index is 0.765. The van der Waals surface area contributed by atoms with Crippen LogP contribution >= 0.6 is 11.8 Å². The first-order chi connectivity index (χ1) is 7.17. The van der Waals surface area contributed by atoms with Crippen LogP contribution < -0.4 is 5.32 Å². The molecule has 0 aromatic carbocycles. The molecule has 15 heavy (non-hydrogen) atoms. The van der Waals surface area contributed by atoms with Gasteiger partial charge in [-0.25, -0.2) is 0 Å². The Morgan fingerprint density at radius 3 is 2.87 bits per heavy atom.